The molecule has 4 nitrogen and oxygen atoms in total. The minimum atomic E-state index is 0.565. The molecule has 2 N–H and O–H groups in total. The summed E-state index contributed by atoms with van der Waals surface area (Å²) in [5, 5.41) is 8.87. The average Bonchev–Trinajstić information content (AvgIpc) is 2.40. The van der Waals surface area contributed by atoms with Crippen LogP contribution >= 0.6 is 0 Å². The third-order valence-electron chi connectivity index (χ3n) is 3.29. The number of nitrogens with zero attached hydrogens (tertiary/aromatic N) is 2. The van der Waals surface area contributed by atoms with Crippen molar-refractivity contribution in [1.82, 2.24) is 0 Å². The van der Waals surface area contributed by atoms with Gasteiger partial charge in [-0.2, -0.15) is 5.26 Å². The van der Waals surface area contributed by atoms with Crippen LogP contribution in [-0.2, 0) is 4.84 Å². The van der Waals surface area contributed by atoms with Crippen LogP contribution in [0.2, 0.25) is 0 Å². The Balaban J connectivity index is 1.98. The lowest BCUT2D eigenvalue weighted by molar-refractivity contribution is 0.0918. The van der Waals surface area contributed by atoms with Crippen LogP contribution < -0.4 is 10.8 Å². The van der Waals surface area contributed by atoms with Crippen molar-refractivity contribution in [3.63, 3.8) is 0 Å². The fourth-order valence-electron chi connectivity index (χ4n) is 2.27. The van der Waals surface area contributed by atoms with Gasteiger partial charge in [-0.15, -0.1) is 0 Å². The molecule has 0 aliphatic carbocycles. The molecule has 0 spiro atoms. The second-order valence-corrected chi connectivity index (χ2v) is 4.43. The van der Waals surface area contributed by atoms with E-state index in [1.54, 1.807) is 0 Å². The molecule has 0 amide bonds. The van der Waals surface area contributed by atoms with Gasteiger partial charge in [-0.05, 0) is 37.0 Å². The Labute approximate surface area is 102 Å². The van der Waals surface area contributed by atoms with Gasteiger partial charge in [0, 0.05) is 18.8 Å². The quantitative estimate of drug-likeness (QED) is 0.804. The molecule has 0 atom stereocenters. The highest BCUT2D eigenvalue weighted by Crippen LogP contribution is 2.23. The molecular formula is C13H17N3O. The molecule has 0 bridgehead atoms. The second kappa shape index (κ2) is 5.67. The van der Waals surface area contributed by atoms with Crippen LogP contribution in [0.15, 0.2) is 24.3 Å². The zero-order valence-corrected chi connectivity index (χ0v) is 9.80. The molecule has 2 rings (SSSR count). The van der Waals surface area contributed by atoms with Gasteiger partial charge in [0.25, 0.3) is 0 Å². The van der Waals surface area contributed by atoms with E-state index >= 15 is 0 Å². The van der Waals surface area contributed by atoms with E-state index < -0.39 is 0 Å². The standard InChI is InChI=1S/C13H17N3O/c14-9-12-2-1-3-13(8-12)16-6-4-11(5-7-16)10-17-15/h1-3,8,11H,4-7,10,15H2. The molecule has 0 radical (unpaired) electrons. The topological polar surface area (TPSA) is 62.3 Å². The first kappa shape index (κ1) is 11.9. The van der Waals surface area contributed by atoms with Crippen molar-refractivity contribution in [2.75, 3.05) is 24.6 Å². The van der Waals surface area contributed by atoms with Crippen LogP contribution in [0.3, 0.4) is 0 Å². The van der Waals surface area contributed by atoms with E-state index in [0.717, 1.165) is 37.2 Å². The Morgan fingerprint density at radius 2 is 2.18 bits per heavy atom. The Bertz CT molecular complexity index is 405. The fraction of sp³-hybridized carbons (Fsp3) is 0.462. The molecule has 1 saturated heterocycles. The molecule has 1 aromatic rings. The Morgan fingerprint density at radius 3 is 2.82 bits per heavy atom. The second-order valence-electron chi connectivity index (χ2n) is 4.43. The summed E-state index contributed by atoms with van der Waals surface area (Å²) in [5.74, 6) is 5.66. The van der Waals surface area contributed by atoms with Crippen molar-refractivity contribution in [3.8, 4) is 6.07 Å². The van der Waals surface area contributed by atoms with Crippen LogP contribution in [0, 0.1) is 17.2 Å². The smallest absolute Gasteiger partial charge is 0.0992 e. The van der Waals surface area contributed by atoms with Gasteiger partial charge in [-0.1, -0.05) is 6.07 Å². The van der Waals surface area contributed by atoms with E-state index in [9.17, 15) is 0 Å². The summed E-state index contributed by atoms with van der Waals surface area (Å²) in [6.45, 7) is 2.65. The van der Waals surface area contributed by atoms with Gasteiger partial charge < -0.3 is 9.74 Å². The number of hydrogen-bond donors (Lipinski definition) is 1. The highest BCUT2D eigenvalue weighted by molar-refractivity contribution is 5.51. The first-order valence-electron chi connectivity index (χ1n) is 5.90. The summed E-state index contributed by atoms with van der Waals surface area (Å²) < 4.78 is 0. The van der Waals surface area contributed by atoms with Crippen molar-refractivity contribution in [1.29, 1.82) is 5.26 Å². The largest absolute Gasteiger partial charge is 0.371 e. The first-order valence-corrected chi connectivity index (χ1v) is 5.90. The summed E-state index contributed by atoms with van der Waals surface area (Å²) in [5.41, 5.74) is 1.85. The van der Waals surface area contributed by atoms with Crippen LogP contribution in [0.4, 0.5) is 5.69 Å². The molecule has 4 heteroatoms. The number of piperidine rings is 1. The summed E-state index contributed by atoms with van der Waals surface area (Å²) in [4.78, 5) is 7.01. The Morgan fingerprint density at radius 1 is 1.41 bits per heavy atom. The van der Waals surface area contributed by atoms with Crippen molar-refractivity contribution in [2.45, 2.75) is 12.8 Å². The molecule has 1 aromatic carbocycles. The van der Waals surface area contributed by atoms with Crippen LogP contribution in [0.25, 0.3) is 0 Å². The number of nitrogens with two attached hydrogens (primary N) is 1. The first-order chi connectivity index (χ1) is 8.33. The normalized spacial score (nSPS) is 16.8. The molecule has 1 fully saturated rings. The SMILES string of the molecule is N#Cc1cccc(N2CCC(CON)CC2)c1. The highest BCUT2D eigenvalue weighted by Gasteiger charge is 2.19. The summed E-state index contributed by atoms with van der Waals surface area (Å²) in [6.07, 6.45) is 2.18. The molecule has 17 heavy (non-hydrogen) atoms. The van der Waals surface area contributed by atoms with Crippen LogP contribution in [-0.4, -0.2) is 19.7 Å². The lowest BCUT2D eigenvalue weighted by atomic mass is 9.97. The summed E-state index contributed by atoms with van der Waals surface area (Å²) >= 11 is 0. The van der Waals surface area contributed by atoms with Crippen molar-refractivity contribution >= 4 is 5.69 Å². The third kappa shape index (κ3) is 2.96. The maximum absolute atomic E-state index is 8.87. The molecule has 1 heterocycles. The predicted octanol–water partition coefficient (Wildman–Crippen LogP) is 1.66. The zero-order chi connectivity index (χ0) is 12.1. The van der Waals surface area contributed by atoms with Crippen LogP contribution in [0.1, 0.15) is 18.4 Å². The molecule has 1 aliphatic heterocycles. The van der Waals surface area contributed by atoms with Gasteiger partial charge in [0.2, 0.25) is 0 Å². The van der Waals surface area contributed by atoms with E-state index in [-0.39, 0.29) is 0 Å². The van der Waals surface area contributed by atoms with E-state index in [4.69, 9.17) is 16.0 Å². The molecule has 0 aromatic heterocycles. The van der Waals surface area contributed by atoms with Gasteiger partial charge >= 0.3 is 0 Å². The summed E-state index contributed by atoms with van der Waals surface area (Å²) in [6, 6.07) is 9.94. The van der Waals surface area contributed by atoms with Crippen molar-refractivity contribution < 1.29 is 4.84 Å². The molecule has 1 aliphatic rings. The van der Waals surface area contributed by atoms with Gasteiger partial charge in [0.1, 0.15) is 0 Å². The zero-order valence-electron chi connectivity index (χ0n) is 9.80. The van der Waals surface area contributed by atoms with Gasteiger partial charge in [0.05, 0.1) is 18.2 Å². The Hall–Kier alpha value is -1.57. The average molecular weight is 231 g/mol. The predicted molar refractivity (Wildman–Crippen MR) is 66.2 cm³/mol. The lowest BCUT2D eigenvalue weighted by Gasteiger charge is -2.33. The van der Waals surface area contributed by atoms with E-state index in [2.05, 4.69) is 17.0 Å². The minimum Gasteiger partial charge on any atom is -0.371 e. The van der Waals surface area contributed by atoms with Gasteiger partial charge in [-0.3, -0.25) is 0 Å². The number of hydrogen-bond acceptors (Lipinski definition) is 4. The molecule has 90 valence electrons. The molecule has 0 saturated carbocycles. The number of benzene rings is 1. The van der Waals surface area contributed by atoms with Crippen molar-refractivity contribution in [2.24, 2.45) is 11.8 Å². The third-order valence-corrected chi connectivity index (χ3v) is 3.29. The fourth-order valence-corrected chi connectivity index (χ4v) is 2.27. The van der Waals surface area contributed by atoms with Crippen molar-refractivity contribution in [3.05, 3.63) is 29.8 Å². The number of rotatable bonds is 3. The van der Waals surface area contributed by atoms with E-state index in [0.29, 0.717) is 12.5 Å². The molecular weight excluding hydrogens is 214 g/mol. The van der Waals surface area contributed by atoms with E-state index in [1.165, 1.54) is 0 Å². The lowest BCUT2D eigenvalue weighted by Crippen LogP contribution is -2.35. The Kier molecular flexibility index (Phi) is 3.97. The monoisotopic (exact) mass is 231 g/mol. The maximum Gasteiger partial charge on any atom is 0.0992 e. The van der Waals surface area contributed by atoms with Crippen LogP contribution in [0.5, 0.6) is 0 Å². The minimum absolute atomic E-state index is 0.565. The number of nitriles is 1. The van der Waals surface area contributed by atoms with Gasteiger partial charge in [0.15, 0.2) is 0 Å². The summed E-state index contributed by atoms with van der Waals surface area (Å²) in [7, 11) is 0. The number of anilines is 1. The van der Waals surface area contributed by atoms with Gasteiger partial charge in [-0.25, -0.2) is 5.90 Å². The van der Waals surface area contributed by atoms with E-state index in [1.807, 2.05) is 18.2 Å². The highest BCUT2D eigenvalue weighted by atomic mass is 16.6. The maximum atomic E-state index is 8.87. The molecule has 0 unspecified atom stereocenters.